The Morgan fingerprint density at radius 3 is 2.70 bits per heavy atom. The number of likely N-dealkylation sites (N-methyl/N-ethyl adjacent to an activating group) is 1. The van der Waals surface area contributed by atoms with Crippen molar-refractivity contribution in [2.75, 3.05) is 16.3 Å². The summed E-state index contributed by atoms with van der Waals surface area (Å²) in [7, 11) is 0. The van der Waals surface area contributed by atoms with Crippen molar-refractivity contribution in [3.8, 4) is 0 Å². The zero-order chi connectivity index (χ0) is 25.6. The maximum Gasteiger partial charge on any atom is 0.297 e. The average Bonchev–Trinajstić information content (AvgIpc) is 3.49. The molecule has 182 valence electrons. The van der Waals surface area contributed by atoms with E-state index in [1.807, 2.05) is 6.92 Å². The second-order valence-corrected chi connectivity index (χ2v) is 10.2. The van der Waals surface area contributed by atoms with Gasteiger partial charge >= 0.3 is 0 Å². The Hall–Kier alpha value is -4.08. The van der Waals surface area contributed by atoms with Crippen molar-refractivity contribution in [3.05, 3.63) is 98.6 Å². The van der Waals surface area contributed by atoms with Gasteiger partial charge in [-0.25, -0.2) is 9.37 Å². The van der Waals surface area contributed by atoms with Crippen LogP contribution in [0.15, 0.2) is 69.9 Å². The third-order valence-corrected chi connectivity index (χ3v) is 8.17. The van der Waals surface area contributed by atoms with Crippen molar-refractivity contribution in [2.24, 2.45) is 0 Å². The Balaban J connectivity index is 1.64. The van der Waals surface area contributed by atoms with Gasteiger partial charge in [-0.3, -0.25) is 19.3 Å². The third kappa shape index (κ3) is 2.70. The number of benzene rings is 3. The van der Waals surface area contributed by atoms with E-state index in [1.54, 1.807) is 42.5 Å². The van der Waals surface area contributed by atoms with Gasteiger partial charge in [0.15, 0.2) is 16.1 Å². The maximum absolute atomic E-state index is 14.4. The summed E-state index contributed by atoms with van der Waals surface area (Å²) in [5.74, 6) is -2.05. The summed E-state index contributed by atoms with van der Waals surface area (Å²) in [4.78, 5) is 49.9. The summed E-state index contributed by atoms with van der Waals surface area (Å²) in [5, 5.41) is 0.659. The molecule has 0 N–H and O–H groups in total. The van der Waals surface area contributed by atoms with E-state index in [0.717, 1.165) is 12.1 Å². The van der Waals surface area contributed by atoms with Crippen LogP contribution in [0.5, 0.6) is 0 Å². The summed E-state index contributed by atoms with van der Waals surface area (Å²) in [6, 6.07) is 15.7. The number of thiazole rings is 1. The molecule has 37 heavy (non-hydrogen) atoms. The summed E-state index contributed by atoms with van der Waals surface area (Å²) in [6.45, 7) is 2.12. The number of carbonyl (C=O) groups is 2. The zero-order valence-corrected chi connectivity index (χ0v) is 20.7. The Morgan fingerprint density at radius 2 is 1.89 bits per heavy atom. The van der Waals surface area contributed by atoms with Crippen LogP contribution in [-0.4, -0.2) is 23.3 Å². The molecular formula is C27H15ClFN3O4S. The molecule has 2 aromatic heterocycles. The predicted octanol–water partition coefficient (Wildman–Crippen LogP) is 5.47. The lowest BCUT2D eigenvalue weighted by molar-refractivity contribution is -0.121. The molecule has 0 bridgehead atoms. The van der Waals surface area contributed by atoms with Crippen molar-refractivity contribution >= 4 is 66.8 Å². The minimum absolute atomic E-state index is 0.0518. The van der Waals surface area contributed by atoms with Gasteiger partial charge in [-0.15, -0.1) is 0 Å². The van der Waals surface area contributed by atoms with Gasteiger partial charge in [0, 0.05) is 17.1 Å². The van der Waals surface area contributed by atoms with Crippen LogP contribution in [0.3, 0.4) is 0 Å². The van der Waals surface area contributed by atoms with Crippen molar-refractivity contribution in [2.45, 2.75) is 12.5 Å². The molecule has 0 aliphatic carbocycles. The second-order valence-electron chi connectivity index (χ2n) is 8.80. The zero-order valence-electron chi connectivity index (χ0n) is 19.1. The van der Waals surface area contributed by atoms with Crippen LogP contribution in [0.4, 0.5) is 15.2 Å². The number of fused-ring (bicyclic) bond motifs is 6. The number of para-hydroxylation sites is 1. The highest BCUT2D eigenvalue weighted by atomic mass is 35.5. The molecular weight excluding hydrogens is 517 g/mol. The molecule has 0 radical (unpaired) electrons. The standard InChI is InChI=1S/C27H15ClFN3O4S/c1-2-31-18-6-4-3-5-16(18)27(25(31)35)21-22(33)15-12-14(29)8-10-19(15)36-23(21)24(34)32(27)26-30-17-9-7-13(28)11-20(17)37-26/h3-12H,2H2,1H3. The fourth-order valence-electron chi connectivity index (χ4n) is 5.43. The first-order valence-electron chi connectivity index (χ1n) is 11.4. The van der Waals surface area contributed by atoms with Gasteiger partial charge in [0.1, 0.15) is 11.4 Å². The lowest BCUT2D eigenvalue weighted by Gasteiger charge is -2.32. The van der Waals surface area contributed by atoms with E-state index in [4.69, 9.17) is 16.0 Å². The number of carbonyl (C=O) groups excluding carboxylic acids is 2. The molecule has 0 fully saturated rings. The first kappa shape index (κ1) is 22.1. The highest BCUT2D eigenvalue weighted by Gasteiger charge is 2.66. The molecule has 0 saturated carbocycles. The Morgan fingerprint density at radius 1 is 1.08 bits per heavy atom. The highest BCUT2D eigenvalue weighted by molar-refractivity contribution is 7.22. The number of rotatable bonds is 2. The van der Waals surface area contributed by atoms with E-state index in [0.29, 0.717) is 33.0 Å². The quantitative estimate of drug-likeness (QED) is 0.302. The molecule has 5 aromatic rings. The molecule has 10 heteroatoms. The normalized spacial score (nSPS) is 18.5. The molecule has 2 aliphatic rings. The van der Waals surface area contributed by atoms with Crippen LogP contribution < -0.4 is 15.2 Å². The molecule has 7 rings (SSSR count). The van der Waals surface area contributed by atoms with Gasteiger partial charge in [-0.2, -0.15) is 0 Å². The van der Waals surface area contributed by atoms with Crippen LogP contribution in [-0.2, 0) is 10.3 Å². The molecule has 1 atom stereocenters. The van der Waals surface area contributed by atoms with E-state index in [2.05, 4.69) is 4.98 Å². The number of halogens is 2. The topological polar surface area (TPSA) is 83.7 Å². The molecule has 1 unspecified atom stereocenters. The van der Waals surface area contributed by atoms with Gasteiger partial charge in [-0.1, -0.05) is 41.1 Å². The summed E-state index contributed by atoms with van der Waals surface area (Å²) >= 11 is 7.36. The minimum Gasteiger partial charge on any atom is -0.450 e. The van der Waals surface area contributed by atoms with Crippen LogP contribution in [0.2, 0.25) is 5.02 Å². The molecule has 2 amide bonds. The fourth-order valence-corrected chi connectivity index (χ4v) is 6.72. The number of hydrogen-bond acceptors (Lipinski definition) is 6. The number of hydrogen-bond donors (Lipinski definition) is 0. The molecule has 0 saturated heterocycles. The molecule has 4 heterocycles. The van der Waals surface area contributed by atoms with Crippen LogP contribution in [0, 0.1) is 5.82 Å². The first-order chi connectivity index (χ1) is 17.9. The number of amides is 2. The van der Waals surface area contributed by atoms with Gasteiger partial charge in [0.05, 0.1) is 26.9 Å². The van der Waals surface area contributed by atoms with Gasteiger partial charge in [0.2, 0.25) is 5.76 Å². The lowest BCUT2D eigenvalue weighted by atomic mass is 9.84. The van der Waals surface area contributed by atoms with Crippen LogP contribution >= 0.6 is 22.9 Å². The summed E-state index contributed by atoms with van der Waals surface area (Å²) < 4.78 is 20.8. The van der Waals surface area contributed by atoms with E-state index < -0.39 is 28.6 Å². The Bertz CT molecular complexity index is 1900. The second kappa shape index (κ2) is 7.47. The Labute approximate surface area is 217 Å². The fraction of sp³-hybridized carbons (Fsp3) is 0.111. The monoisotopic (exact) mass is 531 g/mol. The van der Waals surface area contributed by atoms with E-state index in [9.17, 15) is 18.8 Å². The third-order valence-electron chi connectivity index (χ3n) is 6.93. The van der Waals surface area contributed by atoms with Gasteiger partial charge in [-0.05, 0) is 49.4 Å². The number of aromatic nitrogens is 1. The molecule has 7 nitrogen and oxygen atoms in total. The SMILES string of the molecule is CCN1C(=O)C2(c3ccccc31)c1c(oc3ccc(F)cc3c1=O)C(=O)N2c1nc2ccc(Cl)cc2s1. The largest absolute Gasteiger partial charge is 0.450 e. The summed E-state index contributed by atoms with van der Waals surface area (Å²) in [6.07, 6.45) is 0. The first-order valence-corrected chi connectivity index (χ1v) is 12.6. The van der Waals surface area contributed by atoms with Crippen molar-refractivity contribution < 1.29 is 18.4 Å². The van der Waals surface area contributed by atoms with E-state index in [-0.39, 0.29) is 27.4 Å². The molecule has 3 aromatic carbocycles. The molecule has 2 aliphatic heterocycles. The molecule has 1 spiro atoms. The van der Waals surface area contributed by atoms with Crippen molar-refractivity contribution in [3.63, 3.8) is 0 Å². The highest BCUT2D eigenvalue weighted by Crippen LogP contribution is 2.54. The van der Waals surface area contributed by atoms with Crippen LogP contribution in [0.1, 0.15) is 28.6 Å². The van der Waals surface area contributed by atoms with Crippen molar-refractivity contribution in [1.29, 1.82) is 0 Å². The van der Waals surface area contributed by atoms with E-state index in [1.165, 1.54) is 27.2 Å². The Kier molecular flexibility index (Phi) is 4.47. The summed E-state index contributed by atoms with van der Waals surface area (Å²) in [5.41, 5.74) is -0.979. The van der Waals surface area contributed by atoms with Crippen LogP contribution in [0.25, 0.3) is 21.2 Å². The smallest absolute Gasteiger partial charge is 0.297 e. The van der Waals surface area contributed by atoms with E-state index >= 15 is 0 Å². The number of nitrogens with zero attached hydrogens (tertiary/aromatic N) is 3. The predicted molar refractivity (Wildman–Crippen MR) is 139 cm³/mol. The van der Waals surface area contributed by atoms with Gasteiger partial charge < -0.3 is 9.32 Å². The maximum atomic E-state index is 14.4. The lowest BCUT2D eigenvalue weighted by Crippen LogP contribution is -2.53. The van der Waals surface area contributed by atoms with Gasteiger partial charge in [0.25, 0.3) is 11.8 Å². The van der Waals surface area contributed by atoms with Crippen molar-refractivity contribution in [1.82, 2.24) is 4.98 Å². The number of anilines is 2. The average molecular weight is 532 g/mol. The minimum atomic E-state index is -1.86.